The first kappa shape index (κ1) is 15.7. The summed E-state index contributed by atoms with van der Waals surface area (Å²) in [6.07, 6.45) is 7.85. The lowest BCUT2D eigenvalue weighted by molar-refractivity contribution is 0.112. The first-order chi connectivity index (χ1) is 10.8. The highest BCUT2D eigenvalue weighted by Crippen LogP contribution is 2.34. The van der Waals surface area contributed by atoms with E-state index in [1.807, 2.05) is 17.9 Å². The number of likely N-dealkylation sites (tertiary alicyclic amines) is 1. The Hall–Kier alpha value is -1.17. The van der Waals surface area contributed by atoms with Crippen molar-refractivity contribution in [2.24, 2.45) is 13.0 Å². The van der Waals surface area contributed by atoms with Crippen LogP contribution in [0.3, 0.4) is 0 Å². The van der Waals surface area contributed by atoms with Crippen LogP contribution in [0.4, 0.5) is 0 Å². The molecular weight excluding hydrogens is 276 g/mol. The molecule has 0 amide bonds. The zero-order valence-electron chi connectivity index (χ0n) is 13.8. The lowest BCUT2D eigenvalue weighted by Crippen LogP contribution is -2.41. The highest BCUT2D eigenvalue weighted by molar-refractivity contribution is 5.11. The van der Waals surface area contributed by atoms with Crippen LogP contribution in [0.25, 0.3) is 0 Å². The second kappa shape index (κ2) is 7.40. The molecule has 1 fully saturated rings. The van der Waals surface area contributed by atoms with Gasteiger partial charge in [-0.15, -0.1) is 0 Å². The molecule has 0 unspecified atom stereocenters. The van der Waals surface area contributed by atoms with E-state index in [0.717, 1.165) is 32.7 Å². The zero-order chi connectivity index (χ0) is 15.4. The van der Waals surface area contributed by atoms with E-state index in [9.17, 15) is 0 Å². The van der Waals surface area contributed by atoms with Crippen LogP contribution in [0.2, 0.25) is 0 Å². The maximum Gasteiger partial charge on any atom is 0.0689 e. The first-order valence-corrected chi connectivity index (χ1v) is 8.40. The second-order valence-electron chi connectivity index (χ2n) is 6.54. The van der Waals surface area contributed by atoms with Crippen molar-refractivity contribution in [2.45, 2.75) is 25.3 Å². The minimum Gasteiger partial charge on any atom is -0.377 e. The molecule has 0 bridgehead atoms. The zero-order valence-corrected chi connectivity index (χ0v) is 13.8. The molecule has 2 atom stereocenters. The van der Waals surface area contributed by atoms with Gasteiger partial charge in [0.25, 0.3) is 0 Å². The van der Waals surface area contributed by atoms with Gasteiger partial charge in [-0.25, -0.2) is 0 Å². The molecule has 122 valence electrons. The maximum absolute atomic E-state index is 5.51. The van der Waals surface area contributed by atoms with Gasteiger partial charge in [0.15, 0.2) is 0 Å². The molecule has 0 radical (unpaired) electrons. The Labute approximate surface area is 133 Å². The number of piperidine rings is 1. The van der Waals surface area contributed by atoms with E-state index in [0.29, 0.717) is 12.0 Å². The predicted octanol–water partition coefficient (Wildman–Crippen LogP) is 1.74. The number of hydrogen-bond donors (Lipinski definition) is 1. The number of nitrogens with one attached hydrogen (secondary N) is 1. The van der Waals surface area contributed by atoms with Crippen LogP contribution < -0.4 is 5.32 Å². The first-order valence-electron chi connectivity index (χ1n) is 8.40. The largest absolute Gasteiger partial charge is 0.377 e. The van der Waals surface area contributed by atoms with Gasteiger partial charge >= 0.3 is 0 Å². The monoisotopic (exact) mass is 304 g/mol. The molecule has 0 spiro atoms. The van der Waals surface area contributed by atoms with E-state index in [2.05, 4.69) is 34.5 Å². The normalized spacial score (nSPS) is 26.9. The van der Waals surface area contributed by atoms with Gasteiger partial charge in [0.05, 0.1) is 24.9 Å². The molecule has 22 heavy (non-hydrogen) atoms. The molecule has 0 saturated carbocycles. The molecule has 1 saturated heterocycles. The molecular formula is C17H28N4O. The molecule has 3 heterocycles. The van der Waals surface area contributed by atoms with Crippen LogP contribution in [0.1, 0.15) is 31.0 Å². The van der Waals surface area contributed by atoms with Crippen molar-refractivity contribution in [3.63, 3.8) is 0 Å². The Morgan fingerprint density at radius 2 is 2.32 bits per heavy atom. The molecule has 0 aliphatic carbocycles. The number of ether oxygens (including phenoxy) is 1. The van der Waals surface area contributed by atoms with Crippen LogP contribution in [-0.2, 0) is 11.8 Å². The lowest BCUT2D eigenvalue weighted by Gasteiger charge is -2.39. The number of aromatic nitrogens is 2. The quantitative estimate of drug-likeness (QED) is 0.842. The summed E-state index contributed by atoms with van der Waals surface area (Å²) in [5.41, 5.74) is 2.72. The third-order valence-electron chi connectivity index (χ3n) is 4.91. The van der Waals surface area contributed by atoms with Gasteiger partial charge < -0.3 is 10.1 Å². The van der Waals surface area contributed by atoms with Gasteiger partial charge in [-0.3, -0.25) is 9.58 Å². The summed E-state index contributed by atoms with van der Waals surface area (Å²) in [4.78, 5) is 2.48. The van der Waals surface area contributed by atoms with Gasteiger partial charge in [-0.05, 0) is 50.4 Å². The van der Waals surface area contributed by atoms with E-state index in [1.165, 1.54) is 30.7 Å². The summed E-state index contributed by atoms with van der Waals surface area (Å²) in [6.45, 7) is 4.85. The Morgan fingerprint density at radius 1 is 1.41 bits per heavy atom. The average Bonchev–Trinajstić information content (AvgIpc) is 2.94. The van der Waals surface area contributed by atoms with Crippen LogP contribution in [0.5, 0.6) is 0 Å². The van der Waals surface area contributed by atoms with Crippen LogP contribution in [-0.4, -0.2) is 54.6 Å². The molecule has 5 heteroatoms. The lowest BCUT2D eigenvalue weighted by atomic mass is 9.87. The maximum atomic E-state index is 5.51. The van der Waals surface area contributed by atoms with Gasteiger partial charge in [0.1, 0.15) is 0 Å². The highest BCUT2D eigenvalue weighted by Gasteiger charge is 2.31. The van der Waals surface area contributed by atoms with Crippen LogP contribution >= 0.6 is 0 Å². The Bertz CT molecular complexity index is 511. The summed E-state index contributed by atoms with van der Waals surface area (Å²) < 4.78 is 7.53. The van der Waals surface area contributed by atoms with E-state index >= 15 is 0 Å². The van der Waals surface area contributed by atoms with Crippen molar-refractivity contribution in [3.05, 3.63) is 29.6 Å². The van der Waals surface area contributed by atoms with Crippen molar-refractivity contribution < 1.29 is 4.74 Å². The van der Waals surface area contributed by atoms with Crippen molar-refractivity contribution in [3.8, 4) is 0 Å². The Morgan fingerprint density at radius 3 is 3.05 bits per heavy atom. The summed E-state index contributed by atoms with van der Waals surface area (Å²) in [6, 6.07) is 2.63. The smallest absolute Gasteiger partial charge is 0.0689 e. The van der Waals surface area contributed by atoms with Crippen LogP contribution in [0.15, 0.2) is 23.9 Å². The summed E-state index contributed by atoms with van der Waals surface area (Å²) in [5, 5.41) is 8.01. The number of hydrogen-bond acceptors (Lipinski definition) is 4. The minimum absolute atomic E-state index is 0.463. The molecule has 5 nitrogen and oxygen atoms in total. The van der Waals surface area contributed by atoms with Gasteiger partial charge in [0.2, 0.25) is 0 Å². The van der Waals surface area contributed by atoms with Gasteiger partial charge in [-0.2, -0.15) is 5.10 Å². The summed E-state index contributed by atoms with van der Waals surface area (Å²) in [7, 11) is 4.29. The molecule has 2 aliphatic rings. The van der Waals surface area contributed by atoms with E-state index < -0.39 is 0 Å². The standard InChI is InChI=1S/C17H28N4O/c1-20-9-3-6-15(17(20)16-7-8-19-21(16)2)12-18-11-14-5-4-10-22-13-14/h5,7-8,15,17-18H,3-4,6,9-13H2,1-2H3/t15-,17+/m0/s1. The minimum atomic E-state index is 0.463. The molecule has 1 N–H and O–H groups in total. The van der Waals surface area contributed by atoms with E-state index in [4.69, 9.17) is 4.74 Å². The predicted molar refractivity (Wildman–Crippen MR) is 87.7 cm³/mol. The third kappa shape index (κ3) is 3.59. The summed E-state index contributed by atoms with van der Waals surface area (Å²) >= 11 is 0. The second-order valence-corrected chi connectivity index (χ2v) is 6.54. The van der Waals surface area contributed by atoms with E-state index in [-0.39, 0.29) is 0 Å². The van der Waals surface area contributed by atoms with Gasteiger partial charge in [-0.1, -0.05) is 6.08 Å². The molecule has 1 aromatic heterocycles. The fraction of sp³-hybridized carbons (Fsp3) is 0.706. The fourth-order valence-corrected chi connectivity index (χ4v) is 3.76. The highest BCUT2D eigenvalue weighted by atomic mass is 16.5. The SMILES string of the molecule is CN1CCC[C@@H](CNCC2=CCCOC2)[C@@H]1c1ccnn1C. The number of nitrogens with zero attached hydrogens (tertiary/aromatic N) is 3. The fourth-order valence-electron chi connectivity index (χ4n) is 3.76. The Kier molecular flexibility index (Phi) is 5.28. The van der Waals surface area contributed by atoms with Crippen molar-refractivity contribution in [1.29, 1.82) is 0 Å². The third-order valence-corrected chi connectivity index (χ3v) is 4.91. The van der Waals surface area contributed by atoms with Crippen molar-refractivity contribution >= 4 is 0 Å². The van der Waals surface area contributed by atoms with Crippen molar-refractivity contribution in [2.75, 3.05) is 39.9 Å². The number of rotatable bonds is 5. The topological polar surface area (TPSA) is 42.3 Å². The Balaban J connectivity index is 1.60. The van der Waals surface area contributed by atoms with Gasteiger partial charge in [0, 0.05) is 26.3 Å². The molecule has 1 aromatic rings. The van der Waals surface area contributed by atoms with Crippen LogP contribution in [0, 0.1) is 5.92 Å². The molecule has 3 rings (SSSR count). The summed E-state index contributed by atoms with van der Waals surface area (Å²) in [5.74, 6) is 0.638. The van der Waals surface area contributed by atoms with Crippen molar-refractivity contribution in [1.82, 2.24) is 20.0 Å². The number of aryl methyl sites for hydroxylation is 1. The van der Waals surface area contributed by atoms with E-state index in [1.54, 1.807) is 0 Å². The molecule has 2 aliphatic heterocycles. The average molecular weight is 304 g/mol. The molecule has 0 aromatic carbocycles.